The smallest absolute Gasteiger partial charge is 0.321 e. The summed E-state index contributed by atoms with van der Waals surface area (Å²) < 4.78 is 0. The highest BCUT2D eigenvalue weighted by Gasteiger charge is 2.27. The van der Waals surface area contributed by atoms with Crippen LogP contribution in [-0.4, -0.2) is 35.0 Å². The molecule has 1 heterocycles. The molecule has 1 aliphatic rings. The van der Waals surface area contributed by atoms with Crippen LogP contribution in [0.2, 0.25) is 0 Å². The van der Waals surface area contributed by atoms with Gasteiger partial charge in [0.15, 0.2) is 0 Å². The molecule has 0 unspecified atom stereocenters. The highest BCUT2D eigenvalue weighted by Crippen LogP contribution is 2.18. The fraction of sp³-hybridized carbons (Fsp3) is 0.300. The van der Waals surface area contributed by atoms with Gasteiger partial charge in [0.05, 0.1) is 4.92 Å². The Morgan fingerprint density at radius 2 is 2.24 bits per heavy atom. The van der Waals surface area contributed by atoms with Gasteiger partial charge in [-0.3, -0.25) is 10.1 Å². The Kier molecular flexibility index (Phi) is 2.92. The number of hydrogen-bond acceptors (Lipinski definition) is 4. The first kappa shape index (κ1) is 11.3. The maximum absolute atomic E-state index is 11.6. The number of hydrogen-bond donors (Lipinski definition) is 2. The van der Waals surface area contributed by atoms with Crippen LogP contribution >= 0.6 is 0 Å². The molecule has 1 aromatic carbocycles. The lowest BCUT2D eigenvalue weighted by Crippen LogP contribution is -2.58. The lowest BCUT2D eigenvalue weighted by atomic mass is 10.1. The molecule has 0 radical (unpaired) electrons. The number of rotatable bonds is 2. The first-order chi connectivity index (χ1) is 8.06. The van der Waals surface area contributed by atoms with Crippen molar-refractivity contribution in [2.75, 3.05) is 18.4 Å². The Morgan fingerprint density at radius 1 is 1.53 bits per heavy atom. The minimum atomic E-state index is -0.505. The van der Waals surface area contributed by atoms with Gasteiger partial charge in [0.25, 0.3) is 5.69 Å². The molecule has 1 saturated heterocycles. The molecule has 17 heavy (non-hydrogen) atoms. The van der Waals surface area contributed by atoms with Gasteiger partial charge >= 0.3 is 6.03 Å². The van der Waals surface area contributed by atoms with Gasteiger partial charge in [-0.15, -0.1) is 0 Å². The van der Waals surface area contributed by atoms with Gasteiger partial charge in [-0.1, -0.05) is 6.07 Å². The third-order valence-corrected chi connectivity index (χ3v) is 2.51. The van der Waals surface area contributed by atoms with E-state index in [0.29, 0.717) is 18.8 Å². The predicted molar refractivity (Wildman–Crippen MR) is 61.7 cm³/mol. The number of anilines is 1. The summed E-state index contributed by atoms with van der Waals surface area (Å²) >= 11 is 0. The van der Waals surface area contributed by atoms with Crippen molar-refractivity contribution in [1.82, 2.24) is 4.90 Å². The highest BCUT2D eigenvalue weighted by atomic mass is 16.6. The van der Waals surface area contributed by atoms with E-state index < -0.39 is 4.92 Å². The van der Waals surface area contributed by atoms with Crippen molar-refractivity contribution < 1.29 is 9.72 Å². The van der Waals surface area contributed by atoms with Crippen molar-refractivity contribution in [2.24, 2.45) is 5.73 Å². The molecule has 0 atom stereocenters. The topological polar surface area (TPSA) is 102 Å². The molecule has 0 aromatic heterocycles. The van der Waals surface area contributed by atoms with E-state index in [-0.39, 0.29) is 17.8 Å². The second-order valence-corrected chi connectivity index (χ2v) is 3.90. The van der Waals surface area contributed by atoms with E-state index in [0.717, 1.165) is 0 Å². The van der Waals surface area contributed by atoms with E-state index >= 15 is 0 Å². The summed E-state index contributed by atoms with van der Waals surface area (Å²) in [4.78, 5) is 23.2. The van der Waals surface area contributed by atoms with Crippen LogP contribution in [0.4, 0.5) is 16.2 Å². The Labute approximate surface area is 97.3 Å². The number of carbonyl (C=O) groups excluding carboxylic acids is 1. The molecule has 0 spiro atoms. The van der Waals surface area contributed by atoms with Gasteiger partial charge in [0.1, 0.15) is 0 Å². The average molecular weight is 236 g/mol. The SMILES string of the molecule is NC1CN(C(=O)Nc2cccc([N+](=O)[O-])c2)C1. The number of benzene rings is 1. The van der Waals surface area contributed by atoms with E-state index in [2.05, 4.69) is 5.32 Å². The first-order valence-electron chi connectivity index (χ1n) is 5.12. The van der Waals surface area contributed by atoms with Gasteiger partial charge in [-0.25, -0.2) is 4.79 Å². The minimum absolute atomic E-state index is 0.0332. The van der Waals surface area contributed by atoms with Crippen molar-refractivity contribution in [3.8, 4) is 0 Å². The van der Waals surface area contributed by atoms with Crippen molar-refractivity contribution in [1.29, 1.82) is 0 Å². The summed E-state index contributed by atoms with van der Waals surface area (Å²) in [5.41, 5.74) is 5.91. The highest BCUT2D eigenvalue weighted by molar-refractivity contribution is 5.90. The number of non-ortho nitro benzene ring substituents is 1. The summed E-state index contributed by atoms with van der Waals surface area (Å²) in [6, 6.07) is 5.56. The Morgan fingerprint density at radius 3 is 2.82 bits per heavy atom. The number of nitrogens with zero attached hydrogens (tertiary/aromatic N) is 2. The van der Waals surface area contributed by atoms with Crippen LogP contribution in [0, 0.1) is 10.1 Å². The number of nitrogens with one attached hydrogen (secondary N) is 1. The van der Waals surface area contributed by atoms with Crippen molar-refractivity contribution >= 4 is 17.4 Å². The first-order valence-corrected chi connectivity index (χ1v) is 5.12. The maximum atomic E-state index is 11.6. The molecule has 1 aliphatic heterocycles. The minimum Gasteiger partial charge on any atom is -0.325 e. The third-order valence-electron chi connectivity index (χ3n) is 2.51. The number of likely N-dealkylation sites (tertiary alicyclic amines) is 1. The van der Waals surface area contributed by atoms with Crippen LogP contribution in [0.3, 0.4) is 0 Å². The second kappa shape index (κ2) is 4.38. The summed E-state index contributed by atoms with van der Waals surface area (Å²) in [7, 11) is 0. The number of amides is 2. The normalized spacial score (nSPS) is 15.2. The monoisotopic (exact) mass is 236 g/mol. The Hall–Kier alpha value is -2.15. The lowest BCUT2D eigenvalue weighted by molar-refractivity contribution is -0.384. The molecule has 0 saturated carbocycles. The van der Waals surface area contributed by atoms with Gasteiger partial charge < -0.3 is 16.0 Å². The molecule has 0 bridgehead atoms. The molecular formula is C10H12N4O3. The molecule has 90 valence electrons. The summed E-state index contributed by atoms with van der Waals surface area (Å²) in [5.74, 6) is 0. The molecule has 7 nitrogen and oxygen atoms in total. The summed E-state index contributed by atoms with van der Waals surface area (Å²) in [6.45, 7) is 1.03. The molecule has 0 aliphatic carbocycles. The molecule has 1 aromatic rings. The predicted octanol–water partition coefficient (Wildman–Crippen LogP) is 0.770. The van der Waals surface area contributed by atoms with Crippen LogP contribution in [0.25, 0.3) is 0 Å². The molecule has 2 rings (SSSR count). The van der Waals surface area contributed by atoms with Gasteiger partial charge in [0.2, 0.25) is 0 Å². The van der Waals surface area contributed by atoms with Crippen LogP contribution < -0.4 is 11.1 Å². The van der Waals surface area contributed by atoms with E-state index in [1.807, 2.05) is 0 Å². The Balaban J connectivity index is 2.01. The molecular weight excluding hydrogens is 224 g/mol. The zero-order valence-corrected chi connectivity index (χ0v) is 9.00. The lowest BCUT2D eigenvalue weighted by Gasteiger charge is -2.36. The number of nitro benzene ring substituents is 1. The van der Waals surface area contributed by atoms with Gasteiger partial charge in [-0.2, -0.15) is 0 Å². The van der Waals surface area contributed by atoms with E-state index in [9.17, 15) is 14.9 Å². The Bertz CT molecular complexity index is 457. The maximum Gasteiger partial charge on any atom is 0.321 e. The zero-order valence-electron chi connectivity index (χ0n) is 9.00. The number of carbonyl (C=O) groups is 1. The van der Waals surface area contributed by atoms with Crippen molar-refractivity contribution in [2.45, 2.75) is 6.04 Å². The quantitative estimate of drug-likeness (QED) is 0.584. The fourth-order valence-electron chi connectivity index (χ4n) is 1.58. The molecule has 2 amide bonds. The molecule has 3 N–H and O–H groups in total. The van der Waals surface area contributed by atoms with Crippen LogP contribution in [0.5, 0.6) is 0 Å². The van der Waals surface area contributed by atoms with E-state index in [1.165, 1.54) is 18.2 Å². The number of nitrogens with two attached hydrogens (primary N) is 1. The van der Waals surface area contributed by atoms with Crippen LogP contribution in [-0.2, 0) is 0 Å². The van der Waals surface area contributed by atoms with Crippen LogP contribution in [0.1, 0.15) is 0 Å². The summed E-state index contributed by atoms with van der Waals surface area (Å²) in [5, 5.41) is 13.1. The zero-order chi connectivity index (χ0) is 12.4. The van der Waals surface area contributed by atoms with Crippen molar-refractivity contribution in [3.05, 3.63) is 34.4 Å². The van der Waals surface area contributed by atoms with E-state index in [1.54, 1.807) is 11.0 Å². The molecule has 7 heteroatoms. The number of urea groups is 1. The van der Waals surface area contributed by atoms with Crippen molar-refractivity contribution in [3.63, 3.8) is 0 Å². The van der Waals surface area contributed by atoms with Gasteiger partial charge in [-0.05, 0) is 6.07 Å². The third kappa shape index (κ3) is 2.51. The van der Waals surface area contributed by atoms with Crippen LogP contribution in [0.15, 0.2) is 24.3 Å². The fourth-order valence-corrected chi connectivity index (χ4v) is 1.58. The average Bonchev–Trinajstić information content (AvgIpc) is 2.25. The second-order valence-electron chi connectivity index (χ2n) is 3.90. The summed E-state index contributed by atoms with van der Waals surface area (Å²) in [6.07, 6.45) is 0. The number of nitro groups is 1. The largest absolute Gasteiger partial charge is 0.325 e. The van der Waals surface area contributed by atoms with Gasteiger partial charge in [0, 0.05) is 37.0 Å². The molecule has 1 fully saturated rings. The van der Waals surface area contributed by atoms with E-state index in [4.69, 9.17) is 5.73 Å². The standard InChI is InChI=1S/C10H12N4O3/c11-7-5-13(6-7)10(15)12-8-2-1-3-9(4-8)14(16)17/h1-4,7H,5-6,11H2,(H,12,15).